The van der Waals surface area contributed by atoms with Crippen LogP contribution in [0.15, 0.2) is 4.52 Å². The smallest absolute Gasteiger partial charge is 0.240 e. The molecule has 1 aromatic rings. The van der Waals surface area contributed by atoms with E-state index in [9.17, 15) is 0 Å². The molecule has 1 aromatic heterocycles. The second-order valence-electron chi connectivity index (χ2n) is 5.18. The molecule has 2 fully saturated rings. The van der Waals surface area contributed by atoms with Gasteiger partial charge in [-0.25, -0.2) is 0 Å². The third-order valence-corrected chi connectivity index (χ3v) is 7.00. The van der Waals surface area contributed by atoms with Crippen molar-refractivity contribution < 1.29 is 4.52 Å². The number of piperazine rings is 1. The van der Waals surface area contributed by atoms with Crippen LogP contribution in [0.2, 0.25) is 0 Å². The minimum atomic E-state index is 0.402. The molecule has 2 aliphatic heterocycles. The topological polar surface area (TPSA) is 54.2 Å². The molecule has 7 heteroatoms. The molecule has 5 nitrogen and oxygen atoms in total. The number of thioether (sulfide) groups is 2. The highest BCUT2D eigenvalue weighted by atomic mass is 32.2. The molecule has 1 N–H and O–H groups in total. The molecule has 0 saturated carbocycles. The lowest BCUT2D eigenvalue weighted by molar-refractivity contribution is 0.203. The molecule has 0 spiro atoms. The van der Waals surface area contributed by atoms with Crippen LogP contribution in [0.3, 0.4) is 0 Å². The van der Waals surface area contributed by atoms with Crippen LogP contribution in [0, 0.1) is 0 Å². The summed E-state index contributed by atoms with van der Waals surface area (Å²) in [6, 6.07) is 0. The van der Waals surface area contributed by atoms with Gasteiger partial charge in [-0.1, -0.05) is 12.1 Å². The van der Waals surface area contributed by atoms with Crippen molar-refractivity contribution >= 4 is 23.5 Å². The van der Waals surface area contributed by atoms with Crippen LogP contribution in [0.25, 0.3) is 0 Å². The molecule has 2 saturated heterocycles. The fourth-order valence-corrected chi connectivity index (χ4v) is 5.63. The summed E-state index contributed by atoms with van der Waals surface area (Å²) < 4.78 is 5.47. The highest BCUT2D eigenvalue weighted by Gasteiger charge is 2.30. The van der Waals surface area contributed by atoms with E-state index in [1.54, 1.807) is 0 Å². The summed E-state index contributed by atoms with van der Waals surface area (Å²) in [5.74, 6) is 4.10. The van der Waals surface area contributed by atoms with E-state index in [1.807, 2.05) is 23.5 Å². The van der Waals surface area contributed by atoms with E-state index in [2.05, 4.69) is 27.3 Å². The van der Waals surface area contributed by atoms with Crippen molar-refractivity contribution in [2.45, 2.75) is 30.4 Å². The van der Waals surface area contributed by atoms with E-state index in [4.69, 9.17) is 4.52 Å². The maximum absolute atomic E-state index is 5.47. The molecule has 3 rings (SSSR count). The summed E-state index contributed by atoms with van der Waals surface area (Å²) in [6.45, 7) is 7.25. The van der Waals surface area contributed by atoms with Gasteiger partial charge in [0.1, 0.15) is 0 Å². The summed E-state index contributed by atoms with van der Waals surface area (Å²) in [6.07, 6.45) is 1.17. The average Bonchev–Trinajstić information content (AvgIpc) is 2.96. The highest BCUT2D eigenvalue weighted by Crippen LogP contribution is 2.42. The second-order valence-corrected chi connectivity index (χ2v) is 7.78. The standard InChI is InChI=1S/C13H22N4OS2/c1-2-10-12(20-8-7-19-10)13-15-11(18-16-13)9-17-5-3-14-4-6-17/h10,12,14H,2-9H2,1H3. The molecule has 0 aromatic carbocycles. The molecule has 20 heavy (non-hydrogen) atoms. The predicted molar refractivity (Wildman–Crippen MR) is 84.2 cm³/mol. The summed E-state index contributed by atoms with van der Waals surface area (Å²) in [5.41, 5.74) is 0. The van der Waals surface area contributed by atoms with Gasteiger partial charge in [-0.05, 0) is 6.42 Å². The third kappa shape index (κ3) is 3.50. The van der Waals surface area contributed by atoms with Gasteiger partial charge in [-0.15, -0.1) is 11.8 Å². The lowest BCUT2D eigenvalue weighted by Crippen LogP contribution is -2.42. The zero-order valence-corrected chi connectivity index (χ0v) is 13.5. The summed E-state index contributed by atoms with van der Waals surface area (Å²) >= 11 is 4.03. The highest BCUT2D eigenvalue weighted by molar-refractivity contribution is 8.06. The van der Waals surface area contributed by atoms with Crippen LogP contribution < -0.4 is 5.32 Å². The molecule has 0 radical (unpaired) electrons. The first kappa shape index (κ1) is 14.7. The fraction of sp³-hybridized carbons (Fsp3) is 0.846. The fourth-order valence-electron chi connectivity index (χ4n) is 2.65. The average molecular weight is 314 g/mol. The minimum Gasteiger partial charge on any atom is -0.338 e. The maximum Gasteiger partial charge on any atom is 0.240 e. The van der Waals surface area contributed by atoms with Crippen LogP contribution in [0.4, 0.5) is 0 Å². The quantitative estimate of drug-likeness (QED) is 0.909. The van der Waals surface area contributed by atoms with Crippen molar-refractivity contribution in [2.24, 2.45) is 0 Å². The first-order chi connectivity index (χ1) is 9.86. The normalized spacial score (nSPS) is 28.6. The van der Waals surface area contributed by atoms with Gasteiger partial charge in [0.05, 0.1) is 11.8 Å². The van der Waals surface area contributed by atoms with Crippen molar-refractivity contribution in [3.63, 3.8) is 0 Å². The Hall–Kier alpha value is -0.240. The Morgan fingerprint density at radius 1 is 1.30 bits per heavy atom. The number of rotatable bonds is 4. The number of aromatic nitrogens is 2. The summed E-state index contributed by atoms with van der Waals surface area (Å²) in [5, 5.41) is 8.62. The number of nitrogens with zero attached hydrogens (tertiary/aromatic N) is 3. The van der Waals surface area contributed by atoms with E-state index in [1.165, 1.54) is 17.9 Å². The molecular weight excluding hydrogens is 292 g/mol. The molecule has 2 aliphatic rings. The molecule has 2 unspecified atom stereocenters. The van der Waals surface area contributed by atoms with Crippen LogP contribution in [0.1, 0.15) is 30.3 Å². The Kier molecular flexibility index (Phi) is 5.25. The van der Waals surface area contributed by atoms with Gasteiger partial charge >= 0.3 is 0 Å². The molecule has 3 heterocycles. The number of hydrogen-bond donors (Lipinski definition) is 1. The second kappa shape index (κ2) is 7.15. The molecular formula is C13H22N4OS2. The lowest BCUT2D eigenvalue weighted by Gasteiger charge is -2.27. The van der Waals surface area contributed by atoms with Crippen LogP contribution in [0.5, 0.6) is 0 Å². The Bertz CT molecular complexity index is 422. The zero-order chi connectivity index (χ0) is 13.8. The van der Waals surface area contributed by atoms with Gasteiger partial charge in [0.2, 0.25) is 5.89 Å². The Labute approximate surface area is 128 Å². The molecule has 0 aliphatic carbocycles. The van der Waals surface area contributed by atoms with Crippen molar-refractivity contribution in [1.29, 1.82) is 0 Å². The molecule has 112 valence electrons. The number of nitrogens with one attached hydrogen (secondary N) is 1. The van der Waals surface area contributed by atoms with Crippen molar-refractivity contribution in [1.82, 2.24) is 20.4 Å². The van der Waals surface area contributed by atoms with Crippen molar-refractivity contribution in [3.05, 3.63) is 11.7 Å². The van der Waals surface area contributed by atoms with E-state index < -0.39 is 0 Å². The Balaban J connectivity index is 1.63. The third-order valence-electron chi connectivity index (χ3n) is 3.76. The SMILES string of the molecule is CCC1SCCSC1c1noc(CN2CCNCC2)n1. The van der Waals surface area contributed by atoms with Gasteiger partial charge in [-0.3, -0.25) is 4.90 Å². The van der Waals surface area contributed by atoms with Crippen molar-refractivity contribution in [3.8, 4) is 0 Å². The predicted octanol–water partition coefficient (Wildman–Crippen LogP) is 1.77. The first-order valence-corrected chi connectivity index (χ1v) is 9.45. The monoisotopic (exact) mass is 314 g/mol. The minimum absolute atomic E-state index is 0.402. The van der Waals surface area contributed by atoms with Crippen LogP contribution >= 0.6 is 23.5 Å². The Morgan fingerprint density at radius 3 is 2.90 bits per heavy atom. The van der Waals surface area contributed by atoms with Crippen LogP contribution in [-0.2, 0) is 6.54 Å². The van der Waals surface area contributed by atoms with E-state index >= 15 is 0 Å². The maximum atomic E-state index is 5.47. The van der Waals surface area contributed by atoms with Gasteiger partial charge in [-0.2, -0.15) is 16.7 Å². The molecule has 0 bridgehead atoms. The molecule has 2 atom stereocenters. The van der Waals surface area contributed by atoms with E-state index in [0.717, 1.165) is 44.4 Å². The van der Waals surface area contributed by atoms with Crippen molar-refractivity contribution in [2.75, 3.05) is 37.7 Å². The first-order valence-electron chi connectivity index (χ1n) is 7.35. The largest absolute Gasteiger partial charge is 0.338 e. The van der Waals surface area contributed by atoms with E-state index in [-0.39, 0.29) is 0 Å². The van der Waals surface area contributed by atoms with Gasteiger partial charge < -0.3 is 9.84 Å². The molecule has 0 amide bonds. The Morgan fingerprint density at radius 2 is 2.10 bits per heavy atom. The zero-order valence-electron chi connectivity index (χ0n) is 11.9. The lowest BCUT2D eigenvalue weighted by atomic mass is 10.2. The summed E-state index contributed by atoms with van der Waals surface area (Å²) in [7, 11) is 0. The van der Waals surface area contributed by atoms with Crippen LogP contribution in [-0.4, -0.2) is 58.0 Å². The van der Waals surface area contributed by atoms with Gasteiger partial charge in [0.15, 0.2) is 5.82 Å². The number of hydrogen-bond acceptors (Lipinski definition) is 7. The van der Waals surface area contributed by atoms with Gasteiger partial charge in [0.25, 0.3) is 0 Å². The van der Waals surface area contributed by atoms with E-state index in [0.29, 0.717) is 10.5 Å². The summed E-state index contributed by atoms with van der Waals surface area (Å²) in [4.78, 5) is 7.02. The van der Waals surface area contributed by atoms with Gasteiger partial charge in [0, 0.05) is 42.9 Å².